The van der Waals surface area contributed by atoms with Crippen molar-refractivity contribution in [3.8, 4) is 0 Å². The van der Waals surface area contributed by atoms with Crippen LogP contribution >= 0.6 is 0 Å². The fraction of sp³-hybridized carbons (Fsp3) is 0.370. The first kappa shape index (κ1) is 22.2. The van der Waals surface area contributed by atoms with Gasteiger partial charge in [0.15, 0.2) is 0 Å². The Labute approximate surface area is 190 Å². The van der Waals surface area contributed by atoms with Crippen LogP contribution in [0.5, 0.6) is 0 Å². The van der Waals surface area contributed by atoms with Gasteiger partial charge in [-0.1, -0.05) is 48.5 Å². The number of hydrogen-bond acceptors (Lipinski definition) is 4. The number of amides is 1. The molecule has 0 radical (unpaired) electrons. The minimum Gasteiger partial charge on any atom is -0.369 e. The third kappa shape index (κ3) is 5.80. The fourth-order valence-electron chi connectivity index (χ4n) is 4.52. The predicted molar refractivity (Wildman–Crippen MR) is 128 cm³/mol. The lowest BCUT2D eigenvalue weighted by molar-refractivity contribution is -0.117. The first-order valence-corrected chi connectivity index (χ1v) is 11.5. The van der Waals surface area contributed by atoms with E-state index in [4.69, 9.17) is 10.7 Å². The molecule has 3 N–H and O–H groups in total. The molecule has 0 unspecified atom stereocenters. The number of piperidine rings is 1. The molecule has 1 aliphatic rings. The molecule has 3 aromatic rings. The molecule has 1 aliphatic heterocycles. The van der Waals surface area contributed by atoms with E-state index in [1.54, 1.807) is 0 Å². The van der Waals surface area contributed by atoms with Crippen LogP contribution in [0.15, 0.2) is 54.7 Å². The van der Waals surface area contributed by atoms with E-state index in [-0.39, 0.29) is 12.3 Å². The van der Waals surface area contributed by atoms with Gasteiger partial charge in [-0.2, -0.15) is 0 Å². The van der Waals surface area contributed by atoms with Crippen molar-refractivity contribution in [2.24, 2.45) is 5.73 Å². The quantitative estimate of drug-likeness (QED) is 0.574. The molecular weight excluding hydrogens is 396 g/mol. The number of carbonyl (C=O) groups excluding carboxylic acids is 1. The molecule has 0 atom stereocenters. The maximum Gasteiger partial charge on any atom is 0.221 e. The van der Waals surface area contributed by atoms with Crippen LogP contribution in [0.1, 0.15) is 58.1 Å². The van der Waals surface area contributed by atoms with Gasteiger partial charge in [0, 0.05) is 18.3 Å². The average molecular weight is 429 g/mol. The summed E-state index contributed by atoms with van der Waals surface area (Å²) in [4.78, 5) is 20.8. The van der Waals surface area contributed by atoms with Crippen molar-refractivity contribution < 1.29 is 4.79 Å². The third-order valence-electron chi connectivity index (χ3n) is 6.39. The maximum atomic E-state index is 11.4. The predicted octanol–water partition coefficient (Wildman–Crippen LogP) is 3.66. The van der Waals surface area contributed by atoms with Crippen LogP contribution in [-0.2, 0) is 30.5 Å². The number of nitrogens with one attached hydrogen (secondary N) is 1. The lowest BCUT2D eigenvalue weighted by Crippen LogP contribution is -2.26. The molecule has 32 heavy (non-hydrogen) atoms. The Bertz CT molecular complexity index is 1060. The number of aromatic nitrogens is 2. The minimum absolute atomic E-state index is 0.275. The Balaban J connectivity index is 1.42. The van der Waals surface area contributed by atoms with Gasteiger partial charge in [-0.15, -0.1) is 0 Å². The molecule has 5 nitrogen and oxygen atoms in total. The van der Waals surface area contributed by atoms with Crippen LogP contribution in [0.3, 0.4) is 0 Å². The van der Waals surface area contributed by atoms with Crippen molar-refractivity contribution in [3.05, 3.63) is 94.1 Å². The number of hydrogen-bond donors (Lipinski definition) is 2. The average Bonchev–Trinajstić information content (AvgIpc) is 2.81. The molecule has 166 valence electrons. The summed E-state index contributed by atoms with van der Waals surface area (Å²) in [6.07, 6.45) is 7.00. The van der Waals surface area contributed by atoms with Crippen LogP contribution in [0.4, 0.5) is 0 Å². The topological polar surface area (TPSA) is 80.9 Å². The lowest BCUT2D eigenvalue weighted by atomic mass is 9.89. The van der Waals surface area contributed by atoms with Gasteiger partial charge in [0.1, 0.15) is 5.82 Å². The van der Waals surface area contributed by atoms with E-state index < -0.39 is 0 Å². The van der Waals surface area contributed by atoms with E-state index in [9.17, 15) is 4.79 Å². The highest BCUT2D eigenvalue weighted by molar-refractivity contribution is 5.77. The van der Waals surface area contributed by atoms with Crippen LogP contribution in [0, 0.1) is 6.92 Å². The van der Waals surface area contributed by atoms with E-state index >= 15 is 0 Å². The van der Waals surface area contributed by atoms with Crippen molar-refractivity contribution in [3.63, 3.8) is 0 Å². The van der Waals surface area contributed by atoms with Gasteiger partial charge in [0.2, 0.25) is 5.91 Å². The molecule has 0 bridgehead atoms. The summed E-state index contributed by atoms with van der Waals surface area (Å²) in [7, 11) is 0. The SMILES string of the molecule is Cc1cnc(Cc2ccc(C3CCNCC3)cc2)nc1CCc1ccccc1CC(N)=O. The Morgan fingerprint density at radius 2 is 1.75 bits per heavy atom. The third-order valence-corrected chi connectivity index (χ3v) is 6.39. The second-order valence-corrected chi connectivity index (χ2v) is 8.77. The van der Waals surface area contributed by atoms with Crippen molar-refractivity contribution in [1.29, 1.82) is 0 Å². The fourth-order valence-corrected chi connectivity index (χ4v) is 4.52. The van der Waals surface area contributed by atoms with Crippen LogP contribution in [-0.4, -0.2) is 29.0 Å². The number of nitrogens with zero attached hydrogens (tertiary/aromatic N) is 2. The smallest absolute Gasteiger partial charge is 0.221 e. The molecule has 1 saturated heterocycles. The zero-order valence-electron chi connectivity index (χ0n) is 18.8. The first-order valence-electron chi connectivity index (χ1n) is 11.5. The molecule has 0 aliphatic carbocycles. The zero-order chi connectivity index (χ0) is 22.3. The van der Waals surface area contributed by atoms with Crippen molar-refractivity contribution in [2.75, 3.05) is 13.1 Å². The van der Waals surface area contributed by atoms with E-state index in [0.29, 0.717) is 5.92 Å². The normalized spacial score (nSPS) is 14.4. The van der Waals surface area contributed by atoms with E-state index in [1.807, 2.05) is 24.4 Å². The van der Waals surface area contributed by atoms with Crippen LogP contribution in [0.2, 0.25) is 0 Å². The standard InChI is InChI=1S/C27H32N4O/c1-19-18-30-27(16-20-6-8-22(9-7-20)23-12-14-29-15-13-23)31-25(19)11-10-21-4-2-3-5-24(21)17-26(28)32/h2-9,18,23,29H,10-17H2,1H3,(H2,28,32). The number of carbonyl (C=O) groups is 1. The Kier molecular flexibility index (Phi) is 7.28. The lowest BCUT2D eigenvalue weighted by Gasteiger charge is -2.23. The number of aryl methyl sites for hydroxylation is 3. The molecule has 1 fully saturated rings. The summed E-state index contributed by atoms with van der Waals surface area (Å²) < 4.78 is 0. The van der Waals surface area contributed by atoms with E-state index in [1.165, 1.54) is 24.0 Å². The molecule has 0 saturated carbocycles. The zero-order valence-corrected chi connectivity index (χ0v) is 18.8. The van der Waals surface area contributed by atoms with Gasteiger partial charge >= 0.3 is 0 Å². The molecule has 1 aromatic heterocycles. The molecule has 4 rings (SSSR count). The van der Waals surface area contributed by atoms with Crippen molar-refractivity contribution in [1.82, 2.24) is 15.3 Å². The van der Waals surface area contributed by atoms with Gasteiger partial charge in [-0.05, 0) is 79.4 Å². The highest BCUT2D eigenvalue weighted by Gasteiger charge is 2.15. The van der Waals surface area contributed by atoms with Gasteiger partial charge in [-0.3, -0.25) is 4.79 Å². The number of nitrogens with two attached hydrogens (primary N) is 1. The first-order chi connectivity index (χ1) is 15.6. The summed E-state index contributed by atoms with van der Waals surface area (Å²) in [6, 6.07) is 17.0. The second kappa shape index (κ2) is 10.5. The Morgan fingerprint density at radius 3 is 2.47 bits per heavy atom. The molecule has 2 aromatic carbocycles. The largest absolute Gasteiger partial charge is 0.369 e. The van der Waals surface area contributed by atoms with E-state index in [0.717, 1.165) is 60.6 Å². The second-order valence-electron chi connectivity index (χ2n) is 8.77. The molecular formula is C27H32N4O. The minimum atomic E-state index is -0.302. The van der Waals surface area contributed by atoms with Crippen molar-refractivity contribution >= 4 is 5.91 Å². The number of primary amides is 1. The van der Waals surface area contributed by atoms with Crippen LogP contribution < -0.4 is 11.1 Å². The summed E-state index contributed by atoms with van der Waals surface area (Å²) in [5.74, 6) is 1.22. The van der Waals surface area contributed by atoms with Gasteiger partial charge < -0.3 is 11.1 Å². The van der Waals surface area contributed by atoms with Crippen molar-refractivity contribution in [2.45, 2.75) is 51.4 Å². The summed E-state index contributed by atoms with van der Waals surface area (Å²) in [5.41, 5.74) is 12.4. The Hall–Kier alpha value is -3.05. The summed E-state index contributed by atoms with van der Waals surface area (Å²) >= 11 is 0. The summed E-state index contributed by atoms with van der Waals surface area (Å²) in [6.45, 7) is 4.28. The number of rotatable bonds is 8. The maximum absolute atomic E-state index is 11.4. The monoisotopic (exact) mass is 428 g/mol. The van der Waals surface area contributed by atoms with Crippen LogP contribution in [0.25, 0.3) is 0 Å². The van der Waals surface area contributed by atoms with Gasteiger partial charge in [0.05, 0.1) is 6.42 Å². The highest BCUT2D eigenvalue weighted by Crippen LogP contribution is 2.25. The highest BCUT2D eigenvalue weighted by atomic mass is 16.1. The van der Waals surface area contributed by atoms with Gasteiger partial charge in [0.25, 0.3) is 0 Å². The molecule has 2 heterocycles. The number of benzene rings is 2. The van der Waals surface area contributed by atoms with Gasteiger partial charge in [-0.25, -0.2) is 9.97 Å². The summed E-state index contributed by atoms with van der Waals surface area (Å²) in [5, 5.41) is 3.43. The molecule has 5 heteroatoms. The molecule has 0 spiro atoms. The Morgan fingerprint density at radius 1 is 1.03 bits per heavy atom. The van der Waals surface area contributed by atoms with E-state index in [2.05, 4.69) is 47.6 Å². The molecule has 1 amide bonds.